The maximum Gasteiger partial charge on any atom is 0.250 e. The molecular formula is C25H32N4O2. The summed E-state index contributed by atoms with van der Waals surface area (Å²) in [5.74, 6) is 0.276. The highest BCUT2D eigenvalue weighted by molar-refractivity contribution is 5.78. The quantitative estimate of drug-likeness (QED) is 0.760. The number of piperazine rings is 1. The second kappa shape index (κ2) is 8.60. The van der Waals surface area contributed by atoms with Crippen LogP contribution < -0.4 is 5.56 Å². The van der Waals surface area contributed by atoms with Crippen LogP contribution in [0.15, 0.2) is 41.3 Å². The van der Waals surface area contributed by atoms with Gasteiger partial charge in [0, 0.05) is 64.6 Å². The summed E-state index contributed by atoms with van der Waals surface area (Å²) < 4.78 is 1.62. The third-order valence-corrected chi connectivity index (χ3v) is 7.33. The molecule has 0 unspecified atom stereocenters. The van der Waals surface area contributed by atoms with Crippen molar-refractivity contribution >= 4 is 5.91 Å². The zero-order valence-electron chi connectivity index (χ0n) is 18.4. The van der Waals surface area contributed by atoms with Gasteiger partial charge in [-0.1, -0.05) is 24.6 Å². The Morgan fingerprint density at radius 1 is 0.968 bits per heavy atom. The number of nitrogens with zero attached hydrogens (tertiary/aromatic N) is 4. The van der Waals surface area contributed by atoms with Gasteiger partial charge in [0.25, 0.3) is 0 Å². The van der Waals surface area contributed by atoms with Gasteiger partial charge in [0.2, 0.25) is 11.5 Å². The lowest BCUT2D eigenvalue weighted by Crippen LogP contribution is -2.55. The van der Waals surface area contributed by atoms with Gasteiger partial charge >= 0.3 is 0 Å². The molecule has 3 aliphatic rings. The zero-order chi connectivity index (χ0) is 21.4. The van der Waals surface area contributed by atoms with Gasteiger partial charge in [0.05, 0.1) is 6.54 Å². The van der Waals surface area contributed by atoms with Crippen molar-refractivity contribution in [1.82, 2.24) is 19.3 Å². The average molecular weight is 421 g/mol. The van der Waals surface area contributed by atoms with E-state index < -0.39 is 0 Å². The number of fused-ring (bicyclic) bond motifs is 1. The van der Waals surface area contributed by atoms with Crippen LogP contribution in [0.4, 0.5) is 0 Å². The normalized spacial score (nSPS) is 20.4. The van der Waals surface area contributed by atoms with Gasteiger partial charge in [-0.25, -0.2) is 0 Å². The van der Waals surface area contributed by atoms with Crippen LogP contribution in [0.25, 0.3) is 11.1 Å². The minimum atomic E-state index is 0.00599. The molecule has 1 saturated carbocycles. The Balaban J connectivity index is 1.18. The number of benzene rings is 1. The summed E-state index contributed by atoms with van der Waals surface area (Å²) in [6, 6.07) is 10.8. The molecule has 5 rings (SSSR count). The van der Waals surface area contributed by atoms with Crippen molar-refractivity contribution in [2.45, 2.75) is 38.3 Å². The molecule has 1 amide bonds. The zero-order valence-corrected chi connectivity index (χ0v) is 18.4. The fourth-order valence-electron chi connectivity index (χ4n) is 5.07. The lowest BCUT2D eigenvalue weighted by molar-refractivity contribution is -0.135. The first-order valence-corrected chi connectivity index (χ1v) is 11.6. The smallest absolute Gasteiger partial charge is 0.250 e. The summed E-state index contributed by atoms with van der Waals surface area (Å²) in [5.41, 5.74) is 4.87. The molecule has 0 bridgehead atoms. The van der Waals surface area contributed by atoms with E-state index in [1.54, 1.807) is 17.7 Å². The van der Waals surface area contributed by atoms with Gasteiger partial charge < -0.3 is 9.47 Å². The highest BCUT2D eigenvalue weighted by Crippen LogP contribution is 2.27. The average Bonchev–Trinajstić information content (AvgIpc) is 2.74. The van der Waals surface area contributed by atoms with Crippen molar-refractivity contribution in [3.63, 3.8) is 0 Å². The largest absolute Gasteiger partial charge is 0.339 e. The second-order valence-corrected chi connectivity index (χ2v) is 9.31. The first-order valence-electron chi connectivity index (χ1n) is 11.6. The first kappa shape index (κ1) is 20.5. The first-order chi connectivity index (χ1) is 15.1. The number of aryl methyl sites for hydroxylation is 1. The standard InChI is InChI=1S/C25H32N4O2/c1-26-16-21(7-8-24(26)30)19-5-6-22-17-27(10-9-20(22)15-19)18-25(31)29-13-11-28(12-14-29)23-3-2-4-23/h5-8,15-16,23H,2-4,9-14,17-18H2,1H3. The molecule has 6 nitrogen and oxygen atoms in total. The van der Waals surface area contributed by atoms with Crippen LogP contribution in [0.2, 0.25) is 0 Å². The van der Waals surface area contributed by atoms with Gasteiger partial charge in [-0.3, -0.25) is 19.4 Å². The summed E-state index contributed by atoms with van der Waals surface area (Å²) in [6.07, 6.45) is 6.89. The van der Waals surface area contributed by atoms with E-state index in [1.165, 1.54) is 30.4 Å². The molecule has 0 atom stereocenters. The van der Waals surface area contributed by atoms with Gasteiger partial charge in [-0.2, -0.15) is 0 Å². The third-order valence-electron chi connectivity index (χ3n) is 7.33. The Kier molecular flexibility index (Phi) is 5.67. The van der Waals surface area contributed by atoms with Crippen LogP contribution in [-0.4, -0.2) is 70.5 Å². The summed E-state index contributed by atoms with van der Waals surface area (Å²) in [7, 11) is 1.78. The van der Waals surface area contributed by atoms with Crippen LogP contribution in [0.1, 0.15) is 30.4 Å². The highest BCUT2D eigenvalue weighted by atomic mass is 16.2. The lowest BCUT2D eigenvalue weighted by atomic mass is 9.91. The van der Waals surface area contributed by atoms with Crippen molar-refractivity contribution in [3.8, 4) is 11.1 Å². The molecule has 6 heteroatoms. The van der Waals surface area contributed by atoms with Crippen molar-refractivity contribution in [2.75, 3.05) is 39.3 Å². The van der Waals surface area contributed by atoms with E-state index in [0.29, 0.717) is 6.54 Å². The molecule has 2 aromatic rings. The summed E-state index contributed by atoms with van der Waals surface area (Å²) >= 11 is 0. The molecule has 1 aromatic carbocycles. The minimum Gasteiger partial charge on any atom is -0.339 e. The van der Waals surface area contributed by atoms with E-state index >= 15 is 0 Å². The van der Waals surface area contributed by atoms with Gasteiger partial charge in [0.15, 0.2) is 0 Å². The summed E-state index contributed by atoms with van der Waals surface area (Å²) in [6.45, 7) is 6.09. The number of hydrogen-bond donors (Lipinski definition) is 0. The number of pyridine rings is 1. The molecule has 2 aliphatic heterocycles. The maximum absolute atomic E-state index is 12.9. The van der Waals surface area contributed by atoms with Crippen LogP contribution >= 0.6 is 0 Å². The molecule has 0 spiro atoms. The molecule has 0 radical (unpaired) electrons. The van der Waals surface area contributed by atoms with Crippen molar-refractivity contribution in [2.24, 2.45) is 7.05 Å². The van der Waals surface area contributed by atoms with E-state index in [9.17, 15) is 9.59 Å². The molecule has 1 saturated heterocycles. The Hall–Kier alpha value is -2.44. The Bertz CT molecular complexity index is 1020. The molecule has 1 aromatic heterocycles. The molecule has 164 valence electrons. The monoisotopic (exact) mass is 420 g/mol. The maximum atomic E-state index is 12.9. The van der Waals surface area contributed by atoms with Gasteiger partial charge in [0.1, 0.15) is 0 Å². The van der Waals surface area contributed by atoms with E-state index in [1.807, 2.05) is 12.3 Å². The molecule has 3 heterocycles. The topological polar surface area (TPSA) is 48.8 Å². The van der Waals surface area contributed by atoms with E-state index in [0.717, 1.165) is 62.9 Å². The van der Waals surface area contributed by atoms with Crippen LogP contribution in [0.3, 0.4) is 0 Å². The number of carbonyl (C=O) groups is 1. The highest BCUT2D eigenvalue weighted by Gasteiger charge is 2.30. The predicted molar refractivity (Wildman–Crippen MR) is 122 cm³/mol. The molecule has 1 aliphatic carbocycles. The summed E-state index contributed by atoms with van der Waals surface area (Å²) in [5, 5.41) is 0. The fourth-order valence-corrected chi connectivity index (χ4v) is 5.07. The van der Waals surface area contributed by atoms with Gasteiger partial charge in [-0.05, 0) is 47.6 Å². The molecular weight excluding hydrogens is 388 g/mol. The van der Waals surface area contributed by atoms with Crippen molar-refractivity contribution in [1.29, 1.82) is 0 Å². The van der Waals surface area contributed by atoms with E-state index in [2.05, 4.69) is 32.9 Å². The van der Waals surface area contributed by atoms with Crippen LogP contribution in [0, 0.1) is 0 Å². The number of rotatable bonds is 4. The number of aromatic nitrogens is 1. The van der Waals surface area contributed by atoms with E-state index in [4.69, 9.17) is 0 Å². The fraction of sp³-hybridized carbons (Fsp3) is 0.520. The Morgan fingerprint density at radius 2 is 1.74 bits per heavy atom. The number of carbonyl (C=O) groups excluding carboxylic acids is 1. The van der Waals surface area contributed by atoms with E-state index in [-0.39, 0.29) is 11.5 Å². The lowest BCUT2D eigenvalue weighted by Gasteiger charge is -2.43. The van der Waals surface area contributed by atoms with Crippen LogP contribution in [0.5, 0.6) is 0 Å². The second-order valence-electron chi connectivity index (χ2n) is 9.31. The van der Waals surface area contributed by atoms with Crippen molar-refractivity contribution < 1.29 is 4.79 Å². The predicted octanol–water partition coefficient (Wildman–Crippen LogP) is 2.11. The molecule has 2 fully saturated rings. The number of hydrogen-bond acceptors (Lipinski definition) is 4. The SMILES string of the molecule is Cn1cc(-c2ccc3c(c2)CCN(CC(=O)N2CCN(C4CCC4)CC2)C3)ccc1=O. The summed E-state index contributed by atoms with van der Waals surface area (Å²) in [4.78, 5) is 31.5. The van der Waals surface area contributed by atoms with Gasteiger partial charge in [-0.15, -0.1) is 0 Å². The minimum absolute atomic E-state index is 0.00599. The molecule has 0 N–H and O–H groups in total. The Labute approximate surface area is 184 Å². The van der Waals surface area contributed by atoms with Crippen LogP contribution in [-0.2, 0) is 24.8 Å². The number of amides is 1. The molecule has 31 heavy (non-hydrogen) atoms. The Morgan fingerprint density at radius 3 is 2.45 bits per heavy atom. The van der Waals surface area contributed by atoms with Crippen molar-refractivity contribution in [3.05, 3.63) is 58.0 Å². The third kappa shape index (κ3) is 4.32.